The summed E-state index contributed by atoms with van der Waals surface area (Å²) in [5.41, 5.74) is 0. The first-order valence-electron chi connectivity index (χ1n) is 7.07. The van der Waals surface area contributed by atoms with Crippen molar-refractivity contribution in [2.24, 2.45) is 10.9 Å². The fourth-order valence-electron chi connectivity index (χ4n) is 1.81. The second-order valence-corrected chi connectivity index (χ2v) is 4.56. The zero-order chi connectivity index (χ0) is 13.2. The van der Waals surface area contributed by atoms with E-state index in [1.54, 1.807) is 0 Å². The monoisotopic (exact) mass is 382 g/mol. The molecule has 1 rings (SSSR count). The number of carbonyl (C=O) groups excluding carboxylic acids is 1. The highest BCUT2D eigenvalue weighted by Crippen LogP contribution is 2.25. The lowest BCUT2D eigenvalue weighted by Crippen LogP contribution is -2.37. The van der Waals surface area contributed by atoms with Crippen molar-refractivity contribution in [3.8, 4) is 0 Å². The maximum Gasteiger partial charge on any atom is 0.223 e. The van der Waals surface area contributed by atoms with Gasteiger partial charge in [-0.3, -0.25) is 9.79 Å². The van der Waals surface area contributed by atoms with Gasteiger partial charge in [-0.1, -0.05) is 6.42 Å². The molecule has 0 bridgehead atoms. The van der Waals surface area contributed by atoms with Gasteiger partial charge in [0.15, 0.2) is 5.96 Å². The molecule has 0 saturated heterocycles. The van der Waals surface area contributed by atoms with E-state index in [1.165, 1.54) is 6.42 Å². The fourth-order valence-corrected chi connectivity index (χ4v) is 1.81. The SMILES string of the molecule is CCNC(=NCCCNC(=O)C1CCC1)NCC.I. The Bertz CT molecular complexity index is 272. The quantitative estimate of drug-likeness (QED) is 0.271. The lowest BCUT2D eigenvalue weighted by Gasteiger charge is -2.23. The number of halogens is 1. The molecule has 112 valence electrons. The Morgan fingerprint density at radius 2 is 1.79 bits per heavy atom. The molecule has 0 aromatic heterocycles. The Kier molecular flexibility index (Phi) is 11.0. The average Bonchev–Trinajstić information content (AvgIpc) is 2.26. The molecule has 3 N–H and O–H groups in total. The van der Waals surface area contributed by atoms with Gasteiger partial charge in [0, 0.05) is 32.1 Å². The lowest BCUT2D eigenvalue weighted by molar-refractivity contribution is -0.127. The average molecular weight is 382 g/mol. The smallest absolute Gasteiger partial charge is 0.223 e. The Morgan fingerprint density at radius 3 is 2.26 bits per heavy atom. The summed E-state index contributed by atoms with van der Waals surface area (Å²) in [7, 11) is 0. The molecule has 1 amide bonds. The van der Waals surface area contributed by atoms with Crippen LogP contribution in [0.3, 0.4) is 0 Å². The molecule has 5 nitrogen and oxygen atoms in total. The maximum absolute atomic E-state index is 11.6. The summed E-state index contributed by atoms with van der Waals surface area (Å²) in [6.45, 7) is 7.29. The summed E-state index contributed by atoms with van der Waals surface area (Å²) in [4.78, 5) is 16.0. The third kappa shape index (κ3) is 7.59. The molecule has 0 heterocycles. The third-order valence-corrected chi connectivity index (χ3v) is 3.07. The van der Waals surface area contributed by atoms with E-state index >= 15 is 0 Å². The van der Waals surface area contributed by atoms with E-state index in [0.717, 1.165) is 51.4 Å². The number of guanidine groups is 1. The predicted molar refractivity (Wildman–Crippen MR) is 90.0 cm³/mol. The number of nitrogens with zero attached hydrogens (tertiary/aromatic N) is 1. The van der Waals surface area contributed by atoms with E-state index in [0.29, 0.717) is 0 Å². The molecule has 1 saturated carbocycles. The zero-order valence-electron chi connectivity index (χ0n) is 12.0. The summed E-state index contributed by atoms with van der Waals surface area (Å²) >= 11 is 0. The van der Waals surface area contributed by atoms with Crippen LogP contribution in [0.5, 0.6) is 0 Å². The van der Waals surface area contributed by atoms with Crippen LogP contribution >= 0.6 is 24.0 Å². The fraction of sp³-hybridized carbons (Fsp3) is 0.846. The van der Waals surface area contributed by atoms with Crippen molar-refractivity contribution in [3.05, 3.63) is 0 Å². The molecule has 19 heavy (non-hydrogen) atoms. The second-order valence-electron chi connectivity index (χ2n) is 4.56. The summed E-state index contributed by atoms with van der Waals surface area (Å²) in [6.07, 6.45) is 4.22. The van der Waals surface area contributed by atoms with Gasteiger partial charge in [0.05, 0.1) is 0 Å². The first-order valence-corrected chi connectivity index (χ1v) is 7.07. The molecule has 0 unspecified atom stereocenters. The van der Waals surface area contributed by atoms with Gasteiger partial charge in [0.1, 0.15) is 0 Å². The van der Waals surface area contributed by atoms with Crippen molar-refractivity contribution in [1.29, 1.82) is 0 Å². The summed E-state index contributed by atoms with van der Waals surface area (Å²) in [5, 5.41) is 9.32. The van der Waals surface area contributed by atoms with E-state index in [-0.39, 0.29) is 35.8 Å². The molecule has 0 aromatic rings. The number of hydrogen-bond acceptors (Lipinski definition) is 2. The topological polar surface area (TPSA) is 65.5 Å². The highest BCUT2D eigenvalue weighted by Gasteiger charge is 2.24. The molecule has 6 heteroatoms. The van der Waals surface area contributed by atoms with Crippen LogP contribution in [-0.2, 0) is 4.79 Å². The Labute approximate surface area is 133 Å². The van der Waals surface area contributed by atoms with Crippen LogP contribution in [0.4, 0.5) is 0 Å². The minimum atomic E-state index is 0. The zero-order valence-corrected chi connectivity index (χ0v) is 14.3. The van der Waals surface area contributed by atoms with Gasteiger partial charge >= 0.3 is 0 Å². The van der Waals surface area contributed by atoms with Gasteiger partial charge in [-0.2, -0.15) is 0 Å². The van der Waals surface area contributed by atoms with Crippen molar-refractivity contribution >= 4 is 35.8 Å². The minimum Gasteiger partial charge on any atom is -0.357 e. The maximum atomic E-state index is 11.6. The Hall–Kier alpha value is -0.530. The number of carbonyl (C=O) groups is 1. The molecule has 0 aromatic carbocycles. The van der Waals surface area contributed by atoms with Gasteiger partial charge in [0.2, 0.25) is 5.91 Å². The van der Waals surface area contributed by atoms with Crippen LogP contribution in [0, 0.1) is 5.92 Å². The summed E-state index contributed by atoms with van der Waals surface area (Å²) in [5.74, 6) is 1.36. The molecule has 1 fully saturated rings. The number of hydrogen-bond donors (Lipinski definition) is 3. The number of rotatable bonds is 7. The molecule has 0 atom stereocenters. The van der Waals surface area contributed by atoms with Crippen molar-refractivity contribution in [2.75, 3.05) is 26.2 Å². The van der Waals surface area contributed by atoms with Gasteiger partial charge in [-0.25, -0.2) is 0 Å². The van der Waals surface area contributed by atoms with Crippen LogP contribution in [-0.4, -0.2) is 38.0 Å². The summed E-state index contributed by atoms with van der Waals surface area (Å²) in [6, 6.07) is 0. The summed E-state index contributed by atoms with van der Waals surface area (Å²) < 4.78 is 0. The van der Waals surface area contributed by atoms with Crippen molar-refractivity contribution < 1.29 is 4.79 Å². The van der Waals surface area contributed by atoms with Gasteiger partial charge in [0.25, 0.3) is 0 Å². The van der Waals surface area contributed by atoms with E-state index in [9.17, 15) is 4.79 Å². The minimum absolute atomic E-state index is 0. The third-order valence-electron chi connectivity index (χ3n) is 3.07. The van der Waals surface area contributed by atoms with E-state index in [1.807, 2.05) is 13.8 Å². The van der Waals surface area contributed by atoms with Crippen molar-refractivity contribution in [1.82, 2.24) is 16.0 Å². The van der Waals surface area contributed by atoms with E-state index in [4.69, 9.17) is 0 Å². The Balaban J connectivity index is 0.00000324. The Morgan fingerprint density at radius 1 is 1.16 bits per heavy atom. The van der Waals surface area contributed by atoms with Crippen LogP contribution in [0.15, 0.2) is 4.99 Å². The normalized spacial score (nSPS) is 13.8. The van der Waals surface area contributed by atoms with Crippen LogP contribution in [0.2, 0.25) is 0 Å². The van der Waals surface area contributed by atoms with Crippen LogP contribution < -0.4 is 16.0 Å². The lowest BCUT2D eigenvalue weighted by atomic mass is 9.85. The number of aliphatic imine (C=N–C) groups is 1. The van der Waals surface area contributed by atoms with Crippen molar-refractivity contribution in [2.45, 2.75) is 39.5 Å². The predicted octanol–water partition coefficient (Wildman–Crippen LogP) is 1.49. The standard InChI is InChI=1S/C13H26N4O.HI/c1-3-14-13(15-4-2)17-10-6-9-16-12(18)11-7-5-8-11;/h11H,3-10H2,1-2H3,(H,16,18)(H2,14,15,17);1H. The molecule has 0 spiro atoms. The molecular weight excluding hydrogens is 355 g/mol. The molecule has 1 aliphatic carbocycles. The van der Waals surface area contributed by atoms with Gasteiger partial charge in [-0.15, -0.1) is 24.0 Å². The highest BCUT2D eigenvalue weighted by atomic mass is 127. The van der Waals surface area contributed by atoms with Gasteiger partial charge < -0.3 is 16.0 Å². The molecule has 0 radical (unpaired) electrons. The number of nitrogens with one attached hydrogen (secondary N) is 3. The largest absolute Gasteiger partial charge is 0.357 e. The second kappa shape index (κ2) is 11.3. The first kappa shape index (κ1) is 18.5. The molecule has 1 aliphatic rings. The first-order chi connectivity index (χ1) is 8.77. The van der Waals surface area contributed by atoms with Crippen LogP contribution in [0.25, 0.3) is 0 Å². The van der Waals surface area contributed by atoms with E-state index in [2.05, 4.69) is 20.9 Å². The van der Waals surface area contributed by atoms with Gasteiger partial charge in [-0.05, 0) is 33.1 Å². The van der Waals surface area contributed by atoms with Crippen LogP contribution in [0.1, 0.15) is 39.5 Å². The molecular formula is C13H27IN4O. The highest BCUT2D eigenvalue weighted by molar-refractivity contribution is 14.0. The van der Waals surface area contributed by atoms with Crippen molar-refractivity contribution in [3.63, 3.8) is 0 Å². The molecule has 0 aliphatic heterocycles. The number of amides is 1. The van der Waals surface area contributed by atoms with E-state index < -0.39 is 0 Å².